The Bertz CT molecular complexity index is 1170. The first kappa shape index (κ1) is 17.8. The average molecular weight is 408 g/mol. The number of aliphatic imine (C=N–C) groups is 1. The number of benzene rings is 3. The molecule has 27 heavy (non-hydrogen) atoms. The number of nitrogens with one attached hydrogen (secondary N) is 1. The van der Waals surface area contributed by atoms with E-state index in [2.05, 4.69) is 4.99 Å². The Morgan fingerprint density at radius 3 is 2.37 bits per heavy atom. The SMILES string of the molecule is N=C1N=C(N)c2c1cc1cc(Cl)c(Cl)cc1c2-c1cccc(C(F)(F)F)c1. The van der Waals surface area contributed by atoms with Crippen molar-refractivity contribution < 1.29 is 13.2 Å². The molecular formula is C19H10Cl2F3N3. The standard InChI is InChI=1S/C19H10Cl2F3N3/c20-13-6-9-5-12-16(18(26)27-17(12)25)15(11(9)7-14(13)21)8-2-1-3-10(4-8)19(22,23)24/h1-7H,(H3,25,26,27). The van der Waals surface area contributed by atoms with Crippen molar-refractivity contribution in [1.29, 1.82) is 5.41 Å². The van der Waals surface area contributed by atoms with Crippen LogP contribution in [0.2, 0.25) is 10.0 Å². The van der Waals surface area contributed by atoms with Gasteiger partial charge in [0, 0.05) is 16.7 Å². The Hall–Kier alpha value is -2.57. The molecular weight excluding hydrogens is 398 g/mol. The summed E-state index contributed by atoms with van der Waals surface area (Å²) in [5, 5.41) is 9.80. The molecule has 0 aromatic heterocycles. The van der Waals surface area contributed by atoms with Gasteiger partial charge in [0.05, 0.1) is 15.6 Å². The van der Waals surface area contributed by atoms with Crippen LogP contribution in [-0.2, 0) is 6.18 Å². The third kappa shape index (κ3) is 2.85. The minimum Gasteiger partial charge on any atom is -0.383 e. The van der Waals surface area contributed by atoms with Crippen molar-refractivity contribution in [3.05, 3.63) is 69.2 Å². The molecule has 0 saturated carbocycles. The van der Waals surface area contributed by atoms with Gasteiger partial charge in [0.25, 0.3) is 0 Å². The van der Waals surface area contributed by atoms with Gasteiger partial charge in [-0.3, -0.25) is 5.41 Å². The zero-order valence-corrected chi connectivity index (χ0v) is 15.0. The van der Waals surface area contributed by atoms with Gasteiger partial charge in [-0.15, -0.1) is 0 Å². The third-order valence-electron chi connectivity index (χ3n) is 4.40. The minimum atomic E-state index is -4.49. The van der Waals surface area contributed by atoms with E-state index in [0.29, 0.717) is 38.0 Å². The van der Waals surface area contributed by atoms with E-state index in [1.54, 1.807) is 24.3 Å². The highest BCUT2D eigenvalue weighted by molar-refractivity contribution is 6.43. The molecule has 0 saturated heterocycles. The lowest BCUT2D eigenvalue weighted by Gasteiger charge is -2.16. The Labute approximate surface area is 161 Å². The molecule has 4 rings (SSSR count). The highest BCUT2D eigenvalue weighted by Gasteiger charge is 2.32. The first-order valence-corrected chi connectivity index (χ1v) is 8.49. The summed E-state index contributed by atoms with van der Waals surface area (Å²) in [6, 6.07) is 9.82. The molecule has 0 amide bonds. The summed E-state index contributed by atoms with van der Waals surface area (Å²) >= 11 is 12.3. The molecule has 3 nitrogen and oxygen atoms in total. The number of hydrogen-bond donors (Lipinski definition) is 2. The summed E-state index contributed by atoms with van der Waals surface area (Å²) in [5.74, 6) is 0.0269. The number of amidine groups is 2. The third-order valence-corrected chi connectivity index (χ3v) is 5.13. The van der Waals surface area contributed by atoms with Crippen LogP contribution in [0.3, 0.4) is 0 Å². The second kappa shape index (κ2) is 5.97. The van der Waals surface area contributed by atoms with Crippen LogP contribution in [0, 0.1) is 5.41 Å². The summed E-state index contributed by atoms with van der Waals surface area (Å²) < 4.78 is 39.6. The van der Waals surface area contributed by atoms with Crippen LogP contribution < -0.4 is 5.73 Å². The highest BCUT2D eigenvalue weighted by atomic mass is 35.5. The van der Waals surface area contributed by atoms with Crippen molar-refractivity contribution in [3.63, 3.8) is 0 Å². The van der Waals surface area contributed by atoms with E-state index in [-0.39, 0.29) is 16.7 Å². The summed E-state index contributed by atoms with van der Waals surface area (Å²) in [4.78, 5) is 3.97. The molecule has 8 heteroatoms. The Morgan fingerprint density at radius 2 is 1.67 bits per heavy atom. The van der Waals surface area contributed by atoms with Crippen LogP contribution in [0.4, 0.5) is 13.2 Å². The first-order valence-electron chi connectivity index (χ1n) is 7.73. The Kier molecular flexibility index (Phi) is 3.94. The zero-order valence-electron chi connectivity index (χ0n) is 13.5. The van der Waals surface area contributed by atoms with E-state index in [0.717, 1.165) is 12.1 Å². The van der Waals surface area contributed by atoms with E-state index in [1.807, 2.05) is 0 Å². The maximum absolute atomic E-state index is 13.2. The molecule has 0 fully saturated rings. The van der Waals surface area contributed by atoms with Crippen molar-refractivity contribution in [2.75, 3.05) is 0 Å². The Morgan fingerprint density at radius 1 is 0.963 bits per heavy atom. The second-order valence-electron chi connectivity index (χ2n) is 6.09. The summed E-state index contributed by atoms with van der Waals surface area (Å²) in [6.45, 7) is 0. The molecule has 0 bridgehead atoms. The van der Waals surface area contributed by atoms with Crippen molar-refractivity contribution in [2.24, 2.45) is 10.7 Å². The fourth-order valence-electron chi connectivity index (χ4n) is 3.24. The van der Waals surface area contributed by atoms with Crippen LogP contribution >= 0.6 is 23.2 Å². The maximum Gasteiger partial charge on any atom is 0.416 e. The number of alkyl halides is 3. The minimum absolute atomic E-state index is 0.0521. The monoisotopic (exact) mass is 407 g/mol. The van der Waals surface area contributed by atoms with E-state index in [1.165, 1.54) is 6.07 Å². The van der Waals surface area contributed by atoms with Gasteiger partial charge in [-0.1, -0.05) is 35.3 Å². The smallest absolute Gasteiger partial charge is 0.383 e. The number of nitrogens with zero attached hydrogens (tertiary/aromatic N) is 1. The van der Waals surface area contributed by atoms with Gasteiger partial charge in [-0.05, 0) is 46.7 Å². The second-order valence-corrected chi connectivity index (χ2v) is 6.90. The molecule has 136 valence electrons. The largest absolute Gasteiger partial charge is 0.416 e. The lowest BCUT2D eigenvalue weighted by atomic mass is 9.89. The molecule has 3 N–H and O–H groups in total. The van der Waals surface area contributed by atoms with Crippen molar-refractivity contribution >= 4 is 45.6 Å². The molecule has 1 heterocycles. The van der Waals surface area contributed by atoms with Crippen LogP contribution in [-0.4, -0.2) is 11.7 Å². The first-order chi connectivity index (χ1) is 12.7. The zero-order chi connectivity index (χ0) is 19.5. The van der Waals surface area contributed by atoms with Gasteiger partial charge in [0.2, 0.25) is 0 Å². The van der Waals surface area contributed by atoms with Gasteiger partial charge in [-0.25, -0.2) is 4.99 Å². The fraction of sp³-hybridized carbons (Fsp3) is 0.0526. The van der Waals surface area contributed by atoms with E-state index in [4.69, 9.17) is 34.3 Å². The number of halogens is 5. The van der Waals surface area contributed by atoms with Gasteiger partial charge >= 0.3 is 6.18 Å². The Balaban J connectivity index is 2.14. The maximum atomic E-state index is 13.2. The molecule has 1 aliphatic heterocycles. The molecule has 3 aromatic carbocycles. The number of hydrogen-bond acceptors (Lipinski definition) is 2. The van der Waals surface area contributed by atoms with Crippen molar-refractivity contribution in [2.45, 2.75) is 6.18 Å². The van der Waals surface area contributed by atoms with Gasteiger partial charge in [0.1, 0.15) is 5.84 Å². The van der Waals surface area contributed by atoms with Crippen molar-refractivity contribution in [3.8, 4) is 11.1 Å². The molecule has 3 aromatic rings. The van der Waals surface area contributed by atoms with E-state index >= 15 is 0 Å². The number of nitrogens with two attached hydrogens (primary N) is 1. The predicted octanol–water partition coefficient (Wildman–Crippen LogP) is 5.88. The summed E-state index contributed by atoms with van der Waals surface area (Å²) in [7, 11) is 0. The van der Waals surface area contributed by atoms with Crippen molar-refractivity contribution in [1.82, 2.24) is 0 Å². The van der Waals surface area contributed by atoms with Gasteiger partial charge in [-0.2, -0.15) is 13.2 Å². The topological polar surface area (TPSA) is 62.2 Å². The predicted molar refractivity (Wildman–Crippen MR) is 102 cm³/mol. The van der Waals surface area contributed by atoms with Gasteiger partial charge in [0.15, 0.2) is 5.84 Å². The molecule has 0 spiro atoms. The molecule has 0 radical (unpaired) electrons. The van der Waals surface area contributed by atoms with Crippen LogP contribution in [0.1, 0.15) is 16.7 Å². The van der Waals surface area contributed by atoms with Crippen LogP contribution in [0.15, 0.2) is 47.5 Å². The van der Waals surface area contributed by atoms with E-state index in [9.17, 15) is 13.2 Å². The lowest BCUT2D eigenvalue weighted by Crippen LogP contribution is -2.12. The summed E-state index contributed by atoms with van der Waals surface area (Å²) in [5.41, 5.74) is 6.80. The number of fused-ring (bicyclic) bond motifs is 2. The van der Waals surface area contributed by atoms with Crippen LogP contribution in [0.25, 0.3) is 21.9 Å². The normalized spacial score (nSPS) is 13.8. The fourth-order valence-corrected chi connectivity index (χ4v) is 3.57. The molecule has 0 unspecified atom stereocenters. The summed E-state index contributed by atoms with van der Waals surface area (Å²) in [6.07, 6.45) is -4.49. The van der Waals surface area contributed by atoms with E-state index < -0.39 is 11.7 Å². The quantitative estimate of drug-likeness (QED) is 0.519. The highest BCUT2D eigenvalue weighted by Crippen LogP contribution is 2.41. The number of rotatable bonds is 1. The molecule has 0 aliphatic carbocycles. The van der Waals surface area contributed by atoms with Gasteiger partial charge < -0.3 is 5.73 Å². The molecule has 0 atom stereocenters. The lowest BCUT2D eigenvalue weighted by molar-refractivity contribution is -0.137. The van der Waals surface area contributed by atoms with Crippen LogP contribution in [0.5, 0.6) is 0 Å². The molecule has 1 aliphatic rings. The average Bonchev–Trinajstić information content (AvgIpc) is 2.87.